The summed E-state index contributed by atoms with van der Waals surface area (Å²) in [5, 5.41) is -0.0586. The molecule has 2 atom stereocenters. The van der Waals surface area contributed by atoms with Crippen molar-refractivity contribution in [3.8, 4) is 0 Å². The van der Waals surface area contributed by atoms with Crippen LogP contribution < -0.4 is 0 Å². The average molecular weight is 228 g/mol. The van der Waals surface area contributed by atoms with Crippen LogP contribution in [0, 0.1) is 5.92 Å². The molecule has 2 nitrogen and oxygen atoms in total. The predicted molar refractivity (Wildman–Crippen MR) is 65.7 cm³/mol. The van der Waals surface area contributed by atoms with Gasteiger partial charge < -0.3 is 4.74 Å². The molecule has 1 aliphatic carbocycles. The molecule has 1 saturated carbocycles. The van der Waals surface area contributed by atoms with E-state index in [-0.39, 0.29) is 11.0 Å². The van der Waals surface area contributed by atoms with Crippen molar-refractivity contribution in [3.05, 3.63) is 0 Å². The van der Waals surface area contributed by atoms with Gasteiger partial charge in [0, 0.05) is 0 Å². The summed E-state index contributed by atoms with van der Waals surface area (Å²) in [5.41, 5.74) is 0. The van der Waals surface area contributed by atoms with Crippen molar-refractivity contribution in [1.82, 2.24) is 0 Å². The van der Waals surface area contributed by atoms with Gasteiger partial charge in [0.2, 0.25) is 0 Å². The fourth-order valence-corrected chi connectivity index (χ4v) is 5.73. The first-order valence-corrected chi connectivity index (χ1v) is 9.48. The number of carbonyl (C=O) groups excluding carboxylic acids is 1. The van der Waals surface area contributed by atoms with E-state index in [1.165, 1.54) is 26.4 Å². The van der Waals surface area contributed by atoms with E-state index in [9.17, 15) is 4.79 Å². The van der Waals surface area contributed by atoms with E-state index < -0.39 is 8.07 Å². The zero-order valence-electron chi connectivity index (χ0n) is 10.7. The summed E-state index contributed by atoms with van der Waals surface area (Å²) in [6, 6.07) is 0. The van der Waals surface area contributed by atoms with Gasteiger partial charge in [0.1, 0.15) is 0 Å². The maximum absolute atomic E-state index is 11.9. The summed E-state index contributed by atoms with van der Waals surface area (Å²) in [6.07, 6.45) is 4.75. The van der Waals surface area contributed by atoms with Crippen LogP contribution in [0.4, 0.5) is 0 Å². The number of ether oxygens (including phenoxy) is 1. The molecule has 1 fully saturated rings. The third kappa shape index (κ3) is 2.12. The van der Waals surface area contributed by atoms with Crippen molar-refractivity contribution >= 4 is 14.0 Å². The summed E-state index contributed by atoms with van der Waals surface area (Å²) in [7, 11) is 0.0818. The minimum atomic E-state index is -1.45. The van der Waals surface area contributed by atoms with Gasteiger partial charge in [0.15, 0.2) is 0 Å². The Morgan fingerprint density at radius 2 is 2.07 bits per heavy atom. The van der Waals surface area contributed by atoms with E-state index in [2.05, 4.69) is 26.6 Å². The van der Waals surface area contributed by atoms with Crippen LogP contribution in [0.15, 0.2) is 0 Å². The van der Waals surface area contributed by atoms with Gasteiger partial charge in [0.05, 0.1) is 20.2 Å². The SMILES string of the molecule is CCCC[C@H]1C[C@]1(C(=O)OC)[Si](C)(C)C. The number of methoxy groups -OCH3 is 1. The Kier molecular flexibility index (Phi) is 3.64. The van der Waals surface area contributed by atoms with Crippen LogP contribution in [0.2, 0.25) is 24.7 Å². The van der Waals surface area contributed by atoms with E-state index in [0.717, 1.165) is 6.42 Å². The van der Waals surface area contributed by atoms with Crippen molar-refractivity contribution in [3.63, 3.8) is 0 Å². The van der Waals surface area contributed by atoms with Gasteiger partial charge in [0.25, 0.3) is 0 Å². The maximum atomic E-state index is 11.9. The molecule has 0 aromatic heterocycles. The topological polar surface area (TPSA) is 26.3 Å². The number of hydrogen-bond donors (Lipinski definition) is 0. The number of rotatable bonds is 5. The first-order valence-electron chi connectivity index (χ1n) is 5.98. The summed E-state index contributed by atoms with van der Waals surface area (Å²) >= 11 is 0. The number of hydrogen-bond acceptors (Lipinski definition) is 2. The highest BCUT2D eigenvalue weighted by Crippen LogP contribution is 2.68. The van der Waals surface area contributed by atoms with Crippen LogP contribution >= 0.6 is 0 Å². The molecular formula is C12H24O2Si. The van der Waals surface area contributed by atoms with Crippen molar-refractivity contribution in [2.45, 2.75) is 57.3 Å². The molecule has 0 radical (unpaired) electrons. The lowest BCUT2D eigenvalue weighted by Crippen LogP contribution is -2.37. The van der Waals surface area contributed by atoms with Crippen LogP contribution in [-0.4, -0.2) is 21.2 Å². The molecule has 0 amide bonds. The Bertz CT molecular complexity index is 244. The molecule has 0 aromatic rings. The lowest BCUT2D eigenvalue weighted by molar-refractivity contribution is -0.142. The van der Waals surface area contributed by atoms with Gasteiger partial charge in [-0.3, -0.25) is 4.79 Å². The normalized spacial score (nSPS) is 30.1. The second kappa shape index (κ2) is 4.28. The van der Waals surface area contributed by atoms with E-state index in [1.807, 2.05) is 0 Å². The third-order valence-electron chi connectivity index (χ3n) is 3.90. The smallest absolute Gasteiger partial charge is 0.309 e. The van der Waals surface area contributed by atoms with Gasteiger partial charge in [-0.1, -0.05) is 39.4 Å². The predicted octanol–water partition coefficient (Wildman–Crippen LogP) is 3.45. The lowest BCUT2D eigenvalue weighted by atomic mass is 10.1. The van der Waals surface area contributed by atoms with E-state index in [4.69, 9.17) is 4.74 Å². The first-order chi connectivity index (χ1) is 6.90. The minimum Gasteiger partial charge on any atom is -0.469 e. The quantitative estimate of drug-likeness (QED) is 0.532. The average Bonchev–Trinajstić information content (AvgIpc) is 2.88. The molecule has 0 spiro atoms. The maximum Gasteiger partial charge on any atom is 0.309 e. The summed E-state index contributed by atoms with van der Waals surface area (Å²) in [5.74, 6) is 0.666. The second-order valence-electron chi connectivity index (χ2n) is 5.76. The van der Waals surface area contributed by atoms with Crippen LogP contribution in [0.1, 0.15) is 32.6 Å². The number of carbonyl (C=O) groups is 1. The molecule has 88 valence electrons. The molecular weight excluding hydrogens is 204 g/mol. The molecule has 1 rings (SSSR count). The fourth-order valence-electron chi connectivity index (χ4n) is 2.79. The van der Waals surface area contributed by atoms with Crippen LogP contribution in [0.25, 0.3) is 0 Å². The highest BCUT2D eigenvalue weighted by molar-refractivity contribution is 6.83. The number of esters is 1. The van der Waals surface area contributed by atoms with E-state index in [1.54, 1.807) is 0 Å². The minimum absolute atomic E-state index is 0.0581. The van der Waals surface area contributed by atoms with Crippen molar-refractivity contribution in [1.29, 1.82) is 0 Å². The molecule has 0 aromatic carbocycles. The molecule has 0 unspecified atom stereocenters. The Morgan fingerprint density at radius 3 is 2.47 bits per heavy atom. The highest BCUT2D eigenvalue weighted by Gasteiger charge is 2.66. The standard InChI is InChI=1S/C12H24O2Si/c1-6-7-8-10-9-12(10,11(13)14-2)15(3,4)5/h10H,6-9H2,1-5H3/t10-,12-/m0/s1. The zero-order valence-corrected chi connectivity index (χ0v) is 11.7. The van der Waals surface area contributed by atoms with Gasteiger partial charge >= 0.3 is 5.97 Å². The zero-order chi connectivity index (χ0) is 11.7. The molecule has 0 heterocycles. The monoisotopic (exact) mass is 228 g/mol. The second-order valence-corrected chi connectivity index (χ2v) is 11.1. The molecule has 0 aliphatic heterocycles. The Balaban J connectivity index is 2.72. The third-order valence-corrected chi connectivity index (χ3v) is 7.39. The molecule has 0 bridgehead atoms. The van der Waals surface area contributed by atoms with Gasteiger partial charge in [-0.2, -0.15) is 0 Å². The molecule has 15 heavy (non-hydrogen) atoms. The van der Waals surface area contributed by atoms with Crippen molar-refractivity contribution in [2.24, 2.45) is 5.92 Å². The molecule has 0 N–H and O–H groups in total. The van der Waals surface area contributed by atoms with Crippen molar-refractivity contribution < 1.29 is 9.53 Å². The van der Waals surface area contributed by atoms with Crippen LogP contribution in [-0.2, 0) is 9.53 Å². The summed E-state index contributed by atoms with van der Waals surface area (Å²) in [4.78, 5) is 11.9. The van der Waals surface area contributed by atoms with Crippen molar-refractivity contribution in [2.75, 3.05) is 7.11 Å². The highest BCUT2D eigenvalue weighted by atomic mass is 28.3. The van der Waals surface area contributed by atoms with E-state index >= 15 is 0 Å². The molecule has 1 aliphatic rings. The molecule has 0 saturated heterocycles. The summed E-state index contributed by atoms with van der Waals surface area (Å²) < 4.78 is 5.01. The van der Waals surface area contributed by atoms with E-state index in [0.29, 0.717) is 5.92 Å². The lowest BCUT2D eigenvalue weighted by Gasteiger charge is -2.28. The van der Waals surface area contributed by atoms with Crippen LogP contribution in [0.5, 0.6) is 0 Å². The number of unbranched alkanes of at least 4 members (excludes halogenated alkanes) is 1. The van der Waals surface area contributed by atoms with Gasteiger partial charge in [-0.25, -0.2) is 0 Å². The van der Waals surface area contributed by atoms with Gasteiger partial charge in [-0.05, 0) is 18.8 Å². The Labute approximate surface area is 94.4 Å². The largest absolute Gasteiger partial charge is 0.469 e. The Morgan fingerprint density at radius 1 is 1.47 bits per heavy atom. The first kappa shape index (κ1) is 12.8. The Hall–Kier alpha value is -0.313. The fraction of sp³-hybridized carbons (Fsp3) is 0.917. The van der Waals surface area contributed by atoms with Gasteiger partial charge in [-0.15, -0.1) is 0 Å². The summed E-state index contributed by atoms with van der Waals surface area (Å²) in [6.45, 7) is 9.07. The molecule has 3 heteroatoms. The van der Waals surface area contributed by atoms with Crippen LogP contribution in [0.3, 0.4) is 0 Å².